The van der Waals surface area contributed by atoms with Crippen molar-refractivity contribution >= 4 is 5.91 Å². The Labute approximate surface area is 110 Å². The quantitative estimate of drug-likeness (QED) is 0.714. The predicted molar refractivity (Wildman–Crippen MR) is 72.6 cm³/mol. The van der Waals surface area contributed by atoms with E-state index in [4.69, 9.17) is 0 Å². The number of carbonyl (C=O) groups is 1. The SMILES string of the molecule is CCN(CC)C(=O)CN1CCN(C2CNC2)CC1. The lowest BCUT2D eigenvalue weighted by molar-refractivity contribution is -0.132. The molecule has 0 bridgehead atoms. The van der Waals surface area contributed by atoms with Gasteiger partial charge >= 0.3 is 0 Å². The van der Waals surface area contributed by atoms with E-state index in [1.165, 1.54) is 0 Å². The molecule has 5 nitrogen and oxygen atoms in total. The molecule has 2 rings (SSSR count). The molecule has 0 radical (unpaired) electrons. The van der Waals surface area contributed by atoms with Crippen LogP contribution in [-0.4, -0.2) is 85.6 Å². The molecule has 18 heavy (non-hydrogen) atoms. The summed E-state index contributed by atoms with van der Waals surface area (Å²) in [6.45, 7) is 12.9. The zero-order valence-electron chi connectivity index (χ0n) is 11.7. The van der Waals surface area contributed by atoms with Gasteiger partial charge in [0.05, 0.1) is 6.54 Å². The van der Waals surface area contributed by atoms with Crippen LogP contribution in [0.25, 0.3) is 0 Å². The number of hydrogen-bond acceptors (Lipinski definition) is 4. The molecule has 2 fully saturated rings. The lowest BCUT2D eigenvalue weighted by atomic mass is 10.1. The van der Waals surface area contributed by atoms with Gasteiger partial charge in [-0.05, 0) is 13.8 Å². The molecular weight excluding hydrogens is 228 g/mol. The van der Waals surface area contributed by atoms with Gasteiger partial charge < -0.3 is 10.2 Å². The first-order chi connectivity index (χ1) is 8.74. The molecule has 1 amide bonds. The third-order valence-corrected chi connectivity index (χ3v) is 4.16. The average molecular weight is 254 g/mol. The average Bonchev–Trinajstić information content (AvgIpc) is 2.31. The summed E-state index contributed by atoms with van der Waals surface area (Å²) in [6.07, 6.45) is 0. The van der Waals surface area contributed by atoms with E-state index < -0.39 is 0 Å². The molecule has 0 aliphatic carbocycles. The van der Waals surface area contributed by atoms with Gasteiger partial charge in [-0.25, -0.2) is 0 Å². The van der Waals surface area contributed by atoms with Crippen LogP contribution in [0.15, 0.2) is 0 Å². The molecule has 5 heteroatoms. The van der Waals surface area contributed by atoms with Crippen molar-refractivity contribution in [2.45, 2.75) is 19.9 Å². The maximum atomic E-state index is 12.0. The van der Waals surface area contributed by atoms with Crippen LogP contribution in [0.5, 0.6) is 0 Å². The van der Waals surface area contributed by atoms with Gasteiger partial charge in [0.15, 0.2) is 0 Å². The standard InChI is InChI=1S/C13H26N4O/c1-3-16(4-2)13(18)11-15-5-7-17(8-6-15)12-9-14-10-12/h12,14H,3-11H2,1-2H3. The lowest BCUT2D eigenvalue weighted by Crippen LogP contribution is -2.62. The molecule has 0 aromatic carbocycles. The minimum Gasteiger partial charge on any atom is -0.342 e. The van der Waals surface area contributed by atoms with Crippen molar-refractivity contribution in [1.29, 1.82) is 0 Å². The maximum Gasteiger partial charge on any atom is 0.236 e. The third-order valence-electron chi connectivity index (χ3n) is 4.16. The van der Waals surface area contributed by atoms with Crippen LogP contribution in [0.2, 0.25) is 0 Å². The highest BCUT2D eigenvalue weighted by molar-refractivity contribution is 5.78. The Balaban J connectivity index is 1.70. The van der Waals surface area contributed by atoms with E-state index in [2.05, 4.69) is 15.1 Å². The first kappa shape index (κ1) is 13.8. The summed E-state index contributed by atoms with van der Waals surface area (Å²) in [7, 11) is 0. The number of amides is 1. The highest BCUT2D eigenvalue weighted by atomic mass is 16.2. The number of hydrogen-bond donors (Lipinski definition) is 1. The molecule has 1 N–H and O–H groups in total. The molecule has 0 atom stereocenters. The van der Waals surface area contributed by atoms with Crippen LogP contribution in [-0.2, 0) is 4.79 Å². The van der Waals surface area contributed by atoms with Crippen molar-refractivity contribution in [2.24, 2.45) is 0 Å². The molecule has 2 aliphatic rings. The second-order valence-corrected chi connectivity index (χ2v) is 5.19. The minimum absolute atomic E-state index is 0.277. The zero-order chi connectivity index (χ0) is 13.0. The maximum absolute atomic E-state index is 12.0. The summed E-state index contributed by atoms with van der Waals surface area (Å²) in [4.78, 5) is 18.8. The molecule has 2 aliphatic heterocycles. The molecule has 0 unspecified atom stereocenters. The second kappa shape index (κ2) is 6.50. The first-order valence-electron chi connectivity index (χ1n) is 7.19. The second-order valence-electron chi connectivity index (χ2n) is 5.19. The van der Waals surface area contributed by atoms with E-state index in [1.807, 2.05) is 18.7 Å². The monoisotopic (exact) mass is 254 g/mol. The van der Waals surface area contributed by atoms with Gasteiger partial charge in [0.1, 0.15) is 0 Å². The van der Waals surface area contributed by atoms with Crippen molar-refractivity contribution in [3.63, 3.8) is 0 Å². The molecule has 2 saturated heterocycles. The number of nitrogens with one attached hydrogen (secondary N) is 1. The Bertz CT molecular complexity index is 268. The normalized spacial score (nSPS) is 22.8. The predicted octanol–water partition coefficient (Wildman–Crippen LogP) is -0.556. The van der Waals surface area contributed by atoms with Gasteiger partial charge in [0.25, 0.3) is 0 Å². The van der Waals surface area contributed by atoms with Crippen LogP contribution in [0, 0.1) is 0 Å². The van der Waals surface area contributed by atoms with Gasteiger partial charge in [0.2, 0.25) is 5.91 Å². The topological polar surface area (TPSA) is 38.8 Å². The van der Waals surface area contributed by atoms with Crippen molar-refractivity contribution in [2.75, 3.05) is 58.9 Å². The van der Waals surface area contributed by atoms with Crippen molar-refractivity contribution in [3.05, 3.63) is 0 Å². The highest BCUT2D eigenvalue weighted by Crippen LogP contribution is 2.09. The van der Waals surface area contributed by atoms with Crippen LogP contribution in [0.3, 0.4) is 0 Å². The Kier molecular flexibility index (Phi) is 4.97. The van der Waals surface area contributed by atoms with E-state index in [-0.39, 0.29) is 5.91 Å². The van der Waals surface area contributed by atoms with Crippen LogP contribution >= 0.6 is 0 Å². The number of piperazine rings is 1. The van der Waals surface area contributed by atoms with Crippen molar-refractivity contribution in [3.8, 4) is 0 Å². The number of likely N-dealkylation sites (N-methyl/N-ethyl adjacent to an activating group) is 1. The summed E-state index contributed by atoms with van der Waals surface area (Å²) in [5.74, 6) is 0.277. The summed E-state index contributed by atoms with van der Waals surface area (Å²) >= 11 is 0. The summed E-state index contributed by atoms with van der Waals surface area (Å²) in [6, 6.07) is 0.741. The molecule has 104 valence electrons. The fourth-order valence-corrected chi connectivity index (χ4v) is 2.69. The molecule has 0 aromatic heterocycles. The molecule has 0 spiro atoms. The first-order valence-corrected chi connectivity index (χ1v) is 7.19. The van der Waals surface area contributed by atoms with Crippen LogP contribution < -0.4 is 5.32 Å². The molecular formula is C13H26N4O. The Morgan fingerprint density at radius 2 is 1.78 bits per heavy atom. The Morgan fingerprint density at radius 1 is 1.17 bits per heavy atom. The fourth-order valence-electron chi connectivity index (χ4n) is 2.69. The van der Waals surface area contributed by atoms with E-state index in [9.17, 15) is 4.79 Å². The lowest BCUT2D eigenvalue weighted by Gasteiger charge is -2.43. The number of nitrogens with zero attached hydrogens (tertiary/aromatic N) is 3. The van der Waals surface area contributed by atoms with E-state index in [1.54, 1.807) is 0 Å². The van der Waals surface area contributed by atoms with Crippen molar-refractivity contribution < 1.29 is 4.79 Å². The van der Waals surface area contributed by atoms with Gasteiger partial charge in [-0.3, -0.25) is 14.6 Å². The minimum atomic E-state index is 0.277. The van der Waals surface area contributed by atoms with Crippen LogP contribution in [0.1, 0.15) is 13.8 Å². The number of rotatable bonds is 5. The van der Waals surface area contributed by atoms with E-state index >= 15 is 0 Å². The molecule has 0 saturated carbocycles. The number of carbonyl (C=O) groups excluding carboxylic acids is 1. The molecule has 0 aromatic rings. The summed E-state index contributed by atoms with van der Waals surface area (Å²) < 4.78 is 0. The summed E-state index contributed by atoms with van der Waals surface area (Å²) in [5.41, 5.74) is 0. The van der Waals surface area contributed by atoms with E-state index in [0.29, 0.717) is 6.54 Å². The zero-order valence-corrected chi connectivity index (χ0v) is 11.7. The van der Waals surface area contributed by atoms with E-state index in [0.717, 1.165) is 58.4 Å². The van der Waals surface area contributed by atoms with Crippen molar-refractivity contribution in [1.82, 2.24) is 20.0 Å². The van der Waals surface area contributed by atoms with Gasteiger partial charge in [-0.15, -0.1) is 0 Å². The molecule has 2 heterocycles. The van der Waals surface area contributed by atoms with Crippen LogP contribution in [0.4, 0.5) is 0 Å². The smallest absolute Gasteiger partial charge is 0.236 e. The van der Waals surface area contributed by atoms with Gasteiger partial charge in [-0.1, -0.05) is 0 Å². The fraction of sp³-hybridized carbons (Fsp3) is 0.923. The Morgan fingerprint density at radius 3 is 2.22 bits per heavy atom. The third kappa shape index (κ3) is 3.22. The largest absolute Gasteiger partial charge is 0.342 e. The van der Waals surface area contributed by atoms with Gasteiger partial charge in [0, 0.05) is 58.4 Å². The van der Waals surface area contributed by atoms with Gasteiger partial charge in [-0.2, -0.15) is 0 Å². The summed E-state index contributed by atoms with van der Waals surface area (Å²) in [5, 5.41) is 3.32. The Hall–Kier alpha value is -0.650. The highest BCUT2D eigenvalue weighted by Gasteiger charge is 2.28.